The molecule has 0 bridgehead atoms. The fourth-order valence-corrected chi connectivity index (χ4v) is 1.01. The number of hydrogen-bond donors (Lipinski definition) is 3. The third-order valence-corrected chi connectivity index (χ3v) is 1.69. The van der Waals surface area contributed by atoms with Gasteiger partial charge < -0.3 is 20.3 Å². The Morgan fingerprint density at radius 3 is 3.00 bits per heavy atom. The Bertz CT molecular complexity index is 356. The number of carbonyl (C=O) groups is 1. The standard InChI is InChI=1S/C10H14N2O4/c1-7(14)12-8-2-10(4-11-3-8)16-6-9(15)5-13/h2-4,9,13,15H,5-6H2,1H3,(H,12,14). The molecule has 6 nitrogen and oxygen atoms in total. The molecule has 0 aliphatic rings. The lowest BCUT2D eigenvalue weighted by molar-refractivity contribution is -0.114. The molecule has 0 spiro atoms. The second-order valence-electron chi connectivity index (χ2n) is 3.24. The van der Waals surface area contributed by atoms with Crippen LogP contribution in [0.5, 0.6) is 5.75 Å². The highest BCUT2D eigenvalue weighted by Crippen LogP contribution is 2.15. The molecule has 1 heterocycles. The zero-order chi connectivity index (χ0) is 12.0. The smallest absolute Gasteiger partial charge is 0.221 e. The van der Waals surface area contributed by atoms with Crippen molar-refractivity contribution < 1.29 is 19.7 Å². The maximum absolute atomic E-state index is 10.8. The highest BCUT2D eigenvalue weighted by molar-refractivity contribution is 5.88. The summed E-state index contributed by atoms with van der Waals surface area (Å²) in [4.78, 5) is 14.6. The summed E-state index contributed by atoms with van der Waals surface area (Å²) in [6, 6.07) is 1.58. The van der Waals surface area contributed by atoms with Crippen molar-refractivity contribution in [2.45, 2.75) is 13.0 Å². The van der Waals surface area contributed by atoms with Gasteiger partial charge in [0.2, 0.25) is 5.91 Å². The number of nitrogens with one attached hydrogen (secondary N) is 1. The summed E-state index contributed by atoms with van der Waals surface area (Å²) in [6.45, 7) is 1.00. The number of rotatable bonds is 5. The lowest BCUT2D eigenvalue weighted by Gasteiger charge is -2.10. The van der Waals surface area contributed by atoms with E-state index in [4.69, 9.17) is 14.9 Å². The molecule has 1 aromatic rings. The Balaban J connectivity index is 2.56. The molecule has 6 heteroatoms. The molecule has 1 rings (SSSR count). The number of anilines is 1. The number of aliphatic hydroxyl groups is 2. The molecule has 1 aromatic heterocycles. The normalized spacial score (nSPS) is 11.9. The number of aliphatic hydroxyl groups excluding tert-OH is 2. The quantitative estimate of drug-likeness (QED) is 0.645. The lowest BCUT2D eigenvalue weighted by Crippen LogP contribution is -2.21. The van der Waals surface area contributed by atoms with Gasteiger partial charge in [-0.25, -0.2) is 0 Å². The molecule has 16 heavy (non-hydrogen) atoms. The van der Waals surface area contributed by atoms with Gasteiger partial charge in [-0.2, -0.15) is 0 Å². The number of nitrogens with zero attached hydrogens (tertiary/aromatic N) is 1. The van der Waals surface area contributed by atoms with Crippen molar-refractivity contribution in [1.82, 2.24) is 4.98 Å². The van der Waals surface area contributed by atoms with Crippen LogP contribution in [0.4, 0.5) is 5.69 Å². The molecule has 0 aromatic carbocycles. The molecule has 1 amide bonds. The molecule has 0 aliphatic carbocycles. The average molecular weight is 226 g/mol. The first-order valence-electron chi connectivity index (χ1n) is 4.76. The Labute approximate surface area is 92.9 Å². The largest absolute Gasteiger partial charge is 0.489 e. The third kappa shape index (κ3) is 4.24. The van der Waals surface area contributed by atoms with E-state index < -0.39 is 6.10 Å². The van der Waals surface area contributed by atoms with Gasteiger partial charge in [-0.1, -0.05) is 0 Å². The highest BCUT2D eigenvalue weighted by atomic mass is 16.5. The number of hydrogen-bond acceptors (Lipinski definition) is 5. The maximum atomic E-state index is 10.8. The number of aromatic nitrogens is 1. The number of amides is 1. The van der Waals surface area contributed by atoms with Crippen molar-refractivity contribution in [2.24, 2.45) is 0 Å². The van der Waals surface area contributed by atoms with Crippen LogP contribution in [0, 0.1) is 0 Å². The molecular weight excluding hydrogens is 212 g/mol. The van der Waals surface area contributed by atoms with E-state index >= 15 is 0 Å². The van der Waals surface area contributed by atoms with Gasteiger partial charge in [-0.3, -0.25) is 9.78 Å². The summed E-state index contributed by atoms with van der Waals surface area (Å²) in [5.74, 6) is 0.216. The van der Waals surface area contributed by atoms with E-state index in [1.807, 2.05) is 0 Å². The minimum absolute atomic E-state index is 0.0261. The molecule has 0 radical (unpaired) electrons. The summed E-state index contributed by atoms with van der Waals surface area (Å²) >= 11 is 0. The van der Waals surface area contributed by atoms with E-state index in [0.717, 1.165) is 0 Å². The fourth-order valence-electron chi connectivity index (χ4n) is 1.01. The summed E-state index contributed by atoms with van der Waals surface area (Å²) < 4.78 is 5.16. The average Bonchev–Trinajstić information content (AvgIpc) is 2.25. The van der Waals surface area contributed by atoms with Crippen molar-refractivity contribution in [3.05, 3.63) is 18.5 Å². The van der Waals surface area contributed by atoms with E-state index in [0.29, 0.717) is 11.4 Å². The van der Waals surface area contributed by atoms with Gasteiger partial charge in [0.05, 0.1) is 24.7 Å². The summed E-state index contributed by atoms with van der Waals surface area (Å²) in [6.07, 6.45) is 2.01. The van der Waals surface area contributed by atoms with Crippen molar-refractivity contribution >= 4 is 11.6 Å². The number of carbonyl (C=O) groups excluding carboxylic acids is 1. The van der Waals surface area contributed by atoms with E-state index in [1.165, 1.54) is 19.3 Å². The zero-order valence-electron chi connectivity index (χ0n) is 8.88. The molecule has 1 atom stereocenters. The SMILES string of the molecule is CC(=O)Nc1cncc(OCC(O)CO)c1. The zero-order valence-corrected chi connectivity index (χ0v) is 8.88. The van der Waals surface area contributed by atoms with Crippen LogP contribution in [0.2, 0.25) is 0 Å². The van der Waals surface area contributed by atoms with E-state index in [-0.39, 0.29) is 19.1 Å². The van der Waals surface area contributed by atoms with Crippen molar-refractivity contribution in [3.8, 4) is 5.75 Å². The predicted molar refractivity (Wildman–Crippen MR) is 57.1 cm³/mol. The minimum atomic E-state index is -0.926. The van der Waals surface area contributed by atoms with Crippen LogP contribution in [0.3, 0.4) is 0 Å². The van der Waals surface area contributed by atoms with Crippen LogP contribution < -0.4 is 10.1 Å². The fraction of sp³-hybridized carbons (Fsp3) is 0.400. The topological polar surface area (TPSA) is 91.7 Å². The second-order valence-corrected chi connectivity index (χ2v) is 3.24. The Morgan fingerprint density at radius 2 is 2.38 bits per heavy atom. The van der Waals surface area contributed by atoms with Crippen LogP contribution in [0.25, 0.3) is 0 Å². The Kier molecular flexibility index (Phi) is 4.68. The second kappa shape index (κ2) is 6.04. The van der Waals surface area contributed by atoms with E-state index in [1.54, 1.807) is 6.07 Å². The molecule has 0 aliphatic heterocycles. The Morgan fingerprint density at radius 1 is 1.62 bits per heavy atom. The molecule has 1 unspecified atom stereocenters. The summed E-state index contributed by atoms with van der Waals surface area (Å²) in [7, 11) is 0. The molecular formula is C10H14N2O4. The van der Waals surface area contributed by atoms with E-state index in [9.17, 15) is 4.79 Å². The minimum Gasteiger partial charge on any atom is -0.489 e. The van der Waals surface area contributed by atoms with Gasteiger partial charge in [-0.05, 0) is 0 Å². The van der Waals surface area contributed by atoms with Gasteiger partial charge in [-0.15, -0.1) is 0 Å². The number of ether oxygens (including phenoxy) is 1. The first kappa shape index (κ1) is 12.4. The predicted octanol–water partition coefficient (Wildman–Crippen LogP) is -0.228. The first-order valence-corrected chi connectivity index (χ1v) is 4.76. The van der Waals surface area contributed by atoms with Gasteiger partial charge in [0, 0.05) is 13.0 Å². The molecule has 0 saturated carbocycles. The summed E-state index contributed by atoms with van der Waals surface area (Å²) in [5.41, 5.74) is 0.517. The highest BCUT2D eigenvalue weighted by Gasteiger charge is 2.04. The van der Waals surface area contributed by atoms with Crippen LogP contribution in [0.1, 0.15) is 6.92 Å². The lowest BCUT2D eigenvalue weighted by atomic mass is 10.4. The molecule has 0 saturated heterocycles. The van der Waals surface area contributed by atoms with Crippen molar-refractivity contribution in [3.63, 3.8) is 0 Å². The van der Waals surface area contributed by atoms with Crippen LogP contribution in [-0.4, -0.2) is 40.4 Å². The Hall–Kier alpha value is -1.66. The first-order chi connectivity index (χ1) is 7.61. The van der Waals surface area contributed by atoms with Crippen LogP contribution in [0.15, 0.2) is 18.5 Å². The molecule has 88 valence electrons. The van der Waals surface area contributed by atoms with Gasteiger partial charge in [0.1, 0.15) is 18.5 Å². The summed E-state index contributed by atoms with van der Waals surface area (Å²) in [5, 5.41) is 20.2. The van der Waals surface area contributed by atoms with Crippen LogP contribution >= 0.6 is 0 Å². The monoisotopic (exact) mass is 226 g/mol. The van der Waals surface area contributed by atoms with Crippen molar-refractivity contribution in [2.75, 3.05) is 18.5 Å². The maximum Gasteiger partial charge on any atom is 0.221 e. The van der Waals surface area contributed by atoms with Gasteiger partial charge in [0.15, 0.2) is 0 Å². The van der Waals surface area contributed by atoms with E-state index in [2.05, 4.69) is 10.3 Å². The third-order valence-electron chi connectivity index (χ3n) is 1.69. The molecule has 0 fully saturated rings. The van der Waals surface area contributed by atoms with Gasteiger partial charge >= 0.3 is 0 Å². The molecule has 3 N–H and O–H groups in total. The number of pyridine rings is 1. The van der Waals surface area contributed by atoms with Gasteiger partial charge in [0.25, 0.3) is 0 Å². The van der Waals surface area contributed by atoms with Crippen molar-refractivity contribution in [1.29, 1.82) is 0 Å². The van der Waals surface area contributed by atoms with Crippen LogP contribution in [-0.2, 0) is 4.79 Å².